The van der Waals surface area contributed by atoms with Crippen molar-refractivity contribution in [2.45, 2.75) is 19.9 Å². The van der Waals surface area contributed by atoms with Gasteiger partial charge >= 0.3 is 0 Å². The third kappa shape index (κ3) is 4.82. The average Bonchev–Trinajstić information content (AvgIpc) is 3.26. The fourth-order valence-corrected chi connectivity index (χ4v) is 3.95. The third-order valence-electron chi connectivity index (χ3n) is 4.95. The number of rotatable bonds is 5. The van der Waals surface area contributed by atoms with Gasteiger partial charge in [0.15, 0.2) is 0 Å². The van der Waals surface area contributed by atoms with Crippen LogP contribution in [0, 0.1) is 11.7 Å². The van der Waals surface area contributed by atoms with Gasteiger partial charge in [0.05, 0.1) is 10.4 Å². The Kier molecular flexibility index (Phi) is 6.64. The summed E-state index contributed by atoms with van der Waals surface area (Å²) in [7, 11) is 0. The molecule has 1 aromatic heterocycles. The Morgan fingerprint density at radius 3 is 2.24 bits per heavy atom. The summed E-state index contributed by atoms with van der Waals surface area (Å²) in [5.41, 5.74) is -0.0858. The molecule has 154 valence electrons. The molecule has 1 aliphatic rings. The second-order valence-corrected chi connectivity index (χ2v) is 8.22. The average molecular weight is 418 g/mol. The number of nitrogens with one attached hydrogen (secondary N) is 1. The van der Waals surface area contributed by atoms with E-state index in [1.54, 1.807) is 21.9 Å². The van der Waals surface area contributed by atoms with Crippen molar-refractivity contribution in [3.8, 4) is 0 Å². The van der Waals surface area contributed by atoms with Crippen LogP contribution in [0.3, 0.4) is 0 Å². The molecule has 1 aliphatic heterocycles. The SMILES string of the molecule is CC(C)[C@@H](NC(=O)c1ccccc1F)C(=O)N1CCN(C(=O)c2cccs2)CC1. The summed E-state index contributed by atoms with van der Waals surface area (Å²) in [4.78, 5) is 42.0. The van der Waals surface area contributed by atoms with Crippen molar-refractivity contribution in [1.82, 2.24) is 15.1 Å². The maximum atomic E-state index is 13.9. The number of hydrogen-bond donors (Lipinski definition) is 1. The van der Waals surface area contributed by atoms with E-state index in [0.717, 1.165) is 0 Å². The summed E-state index contributed by atoms with van der Waals surface area (Å²) in [6.45, 7) is 5.34. The van der Waals surface area contributed by atoms with Crippen LogP contribution in [0.25, 0.3) is 0 Å². The second-order valence-electron chi connectivity index (χ2n) is 7.27. The van der Waals surface area contributed by atoms with E-state index in [0.29, 0.717) is 31.1 Å². The Morgan fingerprint density at radius 1 is 1.00 bits per heavy atom. The lowest BCUT2D eigenvalue weighted by atomic mass is 10.0. The Balaban J connectivity index is 1.62. The zero-order valence-corrected chi connectivity index (χ0v) is 17.2. The van der Waals surface area contributed by atoms with Crippen LogP contribution in [0.15, 0.2) is 41.8 Å². The first-order valence-electron chi connectivity index (χ1n) is 9.55. The highest BCUT2D eigenvalue weighted by Gasteiger charge is 2.32. The molecule has 0 aliphatic carbocycles. The fraction of sp³-hybridized carbons (Fsp3) is 0.381. The summed E-state index contributed by atoms with van der Waals surface area (Å²) < 4.78 is 13.9. The summed E-state index contributed by atoms with van der Waals surface area (Å²) in [6, 6.07) is 8.55. The van der Waals surface area contributed by atoms with Gasteiger partial charge in [-0.1, -0.05) is 32.0 Å². The topological polar surface area (TPSA) is 69.7 Å². The molecule has 8 heteroatoms. The molecule has 0 spiro atoms. The van der Waals surface area contributed by atoms with Gasteiger partial charge in [-0.2, -0.15) is 0 Å². The minimum Gasteiger partial charge on any atom is -0.340 e. The van der Waals surface area contributed by atoms with Crippen LogP contribution in [0.5, 0.6) is 0 Å². The highest BCUT2D eigenvalue weighted by molar-refractivity contribution is 7.12. The van der Waals surface area contributed by atoms with Crippen LogP contribution >= 0.6 is 11.3 Å². The smallest absolute Gasteiger partial charge is 0.264 e. The number of piperazine rings is 1. The molecule has 0 unspecified atom stereocenters. The molecule has 1 aromatic carbocycles. The first kappa shape index (κ1) is 21.0. The van der Waals surface area contributed by atoms with Gasteiger partial charge in [0.25, 0.3) is 11.8 Å². The van der Waals surface area contributed by atoms with Crippen molar-refractivity contribution in [2.24, 2.45) is 5.92 Å². The standard InChI is InChI=1S/C21H24FN3O3S/c1-14(2)18(23-19(26)15-6-3-4-7-16(15)22)21(28)25-11-9-24(10-12-25)20(27)17-8-5-13-29-17/h3-8,13-14,18H,9-12H2,1-2H3,(H,23,26)/t18-/m1/s1. The van der Waals surface area contributed by atoms with Crippen molar-refractivity contribution >= 4 is 29.1 Å². The number of nitrogens with zero attached hydrogens (tertiary/aromatic N) is 2. The second kappa shape index (κ2) is 9.17. The van der Waals surface area contributed by atoms with Crippen LogP contribution in [0.2, 0.25) is 0 Å². The lowest BCUT2D eigenvalue weighted by Gasteiger charge is -2.37. The molecule has 1 saturated heterocycles. The van der Waals surface area contributed by atoms with Crippen molar-refractivity contribution in [1.29, 1.82) is 0 Å². The van der Waals surface area contributed by atoms with Crippen molar-refractivity contribution < 1.29 is 18.8 Å². The molecule has 2 heterocycles. The molecule has 0 saturated carbocycles. The monoisotopic (exact) mass is 417 g/mol. The zero-order valence-electron chi connectivity index (χ0n) is 16.4. The molecule has 1 atom stereocenters. The predicted octanol–water partition coefficient (Wildman–Crippen LogP) is 2.63. The van der Waals surface area contributed by atoms with E-state index in [2.05, 4.69) is 5.32 Å². The number of hydrogen-bond acceptors (Lipinski definition) is 4. The molecule has 3 amide bonds. The van der Waals surface area contributed by atoms with Gasteiger partial charge in [-0.05, 0) is 29.5 Å². The molecule has 0 radical (unpaired) electrons. The van der Waals surface area contributed by atoms with Gasteiger partial charge in [-0.3, -0.25) is 14.4 Å². The highest BCUT2D eigenvalue weighted by Crippen LogP contribution is 2.16. The first-order chi connectivity index (χ1) is 13.9. The van der Waals surface area contributed by atoms with E-state index < -0.39 is 17.8 Å². The van der Waals surface area contributed by atoms with Crippen molar-refractivity contribution in [3.63, 3.8) is 0 Å². The van der Waals surface area contributed by atoms with E-state index in [-0.39, 0.29) is 23.3 Å². The maximum absolute atomic E-state index is 13.9. The Morgan fingerprint density at radius 2 is 1.66 bits per heavy atom. The molecular formula is C21H24FN3O3S. The summed E-state index contributed by atoms with van der Waals surface area (Å²) in [5, 5.41) is 4.54. The quantitative estimate of drug-likeness (QED) is 0.813. The van der Waals surface area contributed by atoms with Crippen molar-refractivity contribution in [3.05, 3.63) is 58.0 Å². The van der Waals surface area contributed by atoms with Crippen LogP contribution in [-0.2, 0) is 4.79 Å². The molecule has 1 N–H and O–H groups in total. The molecule has 6 nitrogen and oxygen atoms in total. The molecule has 0 bridgehead atoms. The molecule has 29 heavy (non-hydrogen) atoms. The van der Waals surface area contributed by atoms with Crippen LogP contribution in [-0.4, -0.2) is 59.7 Å². The number of benzene rings is 1. The van der Waals surface area contributed by atoms with Gasteiger partial charge in [-0.25, -0.2) is 4.39 Å². The van der Waals surface area contributed by atoms with Crippen LogP contribution in [0.4, 0.5) is 4.39 Å². The lowest BCUT2D eigenvalue weighted by Crippen LogP contribution is -2.57. The van der Waals surface area contributed by atoms with Crippen LogP contribution < -0.4 is 5.32 Å². The number of thiophene rings is 1. The number of carbonyl (C=O) groups is 3. The van der Waals surface area contributed by atoms with Crippen molar-refractivity contribution in [2.75, 3.05) is 26.2 Å². The van der Waals surface area contributed by atoms with Gasteiger partial charge < -0.3 is 15.1 Å². The molecule has 1 fully saturated rings. The summed E-state index contributed by atoms with van der Waals surface area (Å²) >= 11 is 1.40. The molecule has 3 rings (SSSR count). The largest absolute Gasteiger partial charge is 0.340 e. The lowest BCUT2D eigenvalue weighted by molar-refractivity contribution is -0.135. The molecular weight excluding hydrogens is 393 g/mol. The predicted molar refractivity (Wildman–Crippen MR) is 109 cm³/mol. The van der Waals surface area contributed by atoms with Gasteiger partial charge in [0.1, 0.15) is 11.9 Å². The molecule has 2 aromatic rings. The van der Waals surface area contributed by atoms with Gasteiger partial charge in [-0.15, -0.1) is 11.3 Å². The Labute approximate surface area is 173 Å². The van der Waals surface area contributed by atoms with E-state index in [4.69, 9.17) is 0 Å². The first-order valence-corrected chi connectivity index (χ1v) is 10.4. The fourth-order valence-electron chi connectivity index (χ4n) is 3.26. The van der Waals surface area contributed by atoms with E-state index in [1.807, 2.05) is 25.3 Å². The summed E-state index contributed by atoms with van der Waals surface area (Å²) in [5.74, 6) is -1.64. The number of amides is 3. The zero-order chi connectivity index (χ0) is 21.0. The highest BCUT2D eigenvalue weighted by atomic mass is 32.1. The number of halogens is 1. The normalized spacial score (nSPS) is 15.3. The van der Waals surface area contributed by atoms with Gasteiger partial charge in [0, 0.05) is 26.2 Å². The maximum Gasteiger partial charge on any atom is 0.264 e. The van der Waals surface area contributed by atoms with E-state index in [9.17, 15) is 18.8 Å². The minimum absolute atomic E-state index is 0.0274. The Hall–Kier alpha value is -2.74. The summed E-state index contributed by atoms with van der Waals surface area (Å²) in [6.07, 6.45) is 0. The number of carbonyl (C=O) groups excluding carboxylic acids is 3. The van der Waals surface area contributed by atoms with Crippen LogP contribution in [0.1, 0.15) is 33.9 Å². The van der Waals surface area contributed by atoms with E-state index in [1.165, 1.54) is 29.5 Å². The Bertz CT molecular complexity index is 877. The van der Waals surface area contributed by atoms with E-state index >= 15 is 0 Å². The minimum atomic E-state index is -0.762. The van der Waals surface area contributed by atoms with Gasteiger partial charge in [0.2, 0.25) is 5.91 Å². The third-order valence-corrected chi connectivity index (χ3v) is 5.81.